The van der Waals surface area contributed by atoms with Crippen molar-refractivity contribution in [2.75, 3.05) is 5.73 Å². The van der Waals surface area contributed by atoms with Crippen LogP contribution in [0.3, 0.4) is 0 Å². The highest BCUT2D eigenvalue weighted by Crippen LogP contribution is 2.35. The summed E-state index contributed by atoms with van der Waals surface area (Å²) in [7, 11) is 1.67. The van der Waals surface area contributed by atoms with Gasteiger partial charge in [0.25, 0.3) is 0 Å². The van der Waals surface area contributed by atoms with Gasteiger partial charge in [0, 0.05) is 24.9 Å². The Morgan fingerprint density at radius 3 is 2.43 bits per heavy atom. The fourth-order valence-corrected chi connectivity index (χ4v) is 2.19. The van der Waals surface area contributed by atoms with Gasteiger partial charge in [0.1, 0.15) is 23.1 Å². The van der Waals surface area contributed by atoms with E-state index in [9.17, 15) is 8.78 Å². The maximum Gasteiger partial charge on any atom is 0.131 e. The van der Waals surface area contributed by atoms with E-state index >= 15 is 0 Å². The standard InChI is InChI=1S/C15H12F2N4/c1-21-15(18)13(12-4-2-3-5-19-12)14(20-21)9-6-10(16)8-11(17)7-9/h2-8H,18H2,1H3. The third kappa shape index (κ3) is 2.35. The van der Waals surface area contributed by atoms with Crippen molar-refractivity contribution in [3.63, 3.8) is 0 Å². The van der Waals surface area contributed by atoms with Crippen molar-refractivity contribution in [1.82, 2.24) is 14.8 Å². The third-order valence-electron chi connectivity index (χ3n) is 3.15. The number of halogens is 2. The molecule has 0 aliphatic rings. The average molecular weight is 286 g/mol. The van der Waals surface area contributed by atoms with E-state index in [0.717, 1.165) is 6.07 Å². The highest BCUT2D eigenvalue weighted by atomic mass is 19.1. The molecule has 2 aromatic heterocycles. The van der Waals surface area contributed by atoms with E-state index in [4.69, 9.17) is 5.73 Å². The molecule has 0 aliphatic carbocycles. The van der Waals surface area contributed by atoms with Crippen LogP contribution in [0, 0.1) is 11.6 Å². The van der Waals surface area contributed by atoms with Crippen molar-refractivity contribution in [3.05, 3.63) is 54.2 Å². The molecule has 3 aromatic rings. The Morgan fingerprint density at radius 1 is 1.10 bits per heavy atom. The molecule has 1 aromatic carbocycles. The molecule has 0 bridgehead atoms. The van der Waals surface area contributed by atoms with Gasteiger partial charge < -0.3 is 5.73 Å². The van der Waals surface area contributed by atoms with Gasteiger partial charge in [-0.3, -0.25) is 9.67 Å². The molecule has 0 aliphatic heterocycles. The van der Waals surface area contributed by atoms with Crippen molar-refractivity contribution in [1.29, 1.82) is 0 Å². The van der Waals surface area contributed by atoms with Crippen molar-refractivity contribution >= 4 is 5.82 Å². The Bertz CT molecular complexity index is 777. The Morgan fingerprint density at radius 2 is 1.81 bits per heavy atom. The highest BCUT2D eigenvalue weighted by Gasteiger charge is 2.19. The normalized spacial score (nSPS) is 10.8. The largest absolute Gasteiger partial charge is 0.383 e. The first kappa shape index (κ1) is 13.2. The minimum absolute atomic E-state index is 0.320. The second kappa shape index (κ2) is 4.97. The zero-order chi connectivity index (χ0) is 15.0. The molecule has 0 unspecified atom stereocenters. The maximum absolute atomic E-state index is 13.4. The fourth-order valence-electron chi connectivity index (χ4n) is 2.19. The van der Waals surface area contributed by atoms with Crippen LogP contribution in [0.5, 0.6) is 0 Å². The number of benzene rings is 1. The van der Waals surface area contributed by atoms with Gasteiger partial charge in [0.2, 0.25) is 0 Å². The Balaban J connectivity index is 2.26. The average Bonchev–Trinajstić information content (AvgIpc) is 2.75. The van der Waals surface area contributed by atoms with E-state index in [1.807, 2.05) is 6.07 Å². The lowest BCUT2D eigenvalue weighted by Gasteiger charge is -2.04. The predicted molar refractivity (Wildman–Crippen MR) is 76.2 cm³/mol. The molecule has 0 fully saturated rings. The van der Waals surface area contributed by atoms with Crippen LogP contribution in [0.2, 0.25) is 0 Å². The number of hydrogen-bond donors (Lipinski definition) is 1. The van der Waals surface area contributed by atoms with Gasteiger partial charge in [-0.1, -0.05) is 6.07 Å². The monoisotopic (exact) mass is 286 g/mol. The number of nitrogens with two attached hydrogens (primary N) is 1. The third-order valence-corrected chi connectivity index (χ3v) is 3.15. The molecule has 0 atom stereocenters. The lowest BCUT2D eigenvalue weighted by Crippen LogP contribution is -1.98. The van der Waals surface area contributed by atoms with E-state index in [1.165, 1.54) is 16.8 Å². The summed E-state index contributed by atoms with van der Waals surface area (Å²) in [6.45, 7) is 0. The van der Waals surface area contributed by atoms with Crippen LogP contribution >= 0.6 is 0 Å². The van der Waals surface area contributed by atoms with E-state index in [-0.39, 0.29) is 0 Å². The summed E-state index contributed by atoms with van der Waals surface area (Å²) >= 11 is 0. The van der Waals surface area contributed by atoms with Gasteiger partial charge in [-0.15, -0.1) is 0 Å². The molecule has 21 heavy (non-hydrogen) atoms. The molecule has 0 amide bonds. The van der Waals surface area contributed by atoms with E-state index in [0.29, 0.717) is 28.3 Å². The summed E-state index contributed by atoms with van der Waals surface area (Å²) in [5, 5.41) is 4.26. The topological polar surface area (TPSA) is 56.7 Å². The lowest BCUT2D eigenvalue weighted by molar-refractivity contribution is 0.584. The van der Waals surface area contributed by atoms with Crippen molar-refractivity contribution in [2.45, 2.75) is 0 Å². The number of nitrogens with zero attached hydrogens (tertiary/aromatic N) is 3. The zero-order valence-corrected chi connectivity index (χ0v) is 11.2. The number of pyridine rings is 1. The van der Waals surface area contributed by atoms with Crippen LogP contribution in [0.4, 0.5) is 14.6 Å². The van der Waals surface area contributed by atoms with Crippen LogP contribution in [-0.4, -0.2) is 14.8 Å². The summed E-state index contributed by atoms with van der Waals surface area (Å²) in [5.74, 6) is -0.948. The van der Waals surface area contributed by atoms with Crippen LogP contribution in [0.25, 0.3) is 22.5 Å². The van der Waals surface area contributed by atoms with Crippen LogP contribution in [0.15, 0.2) is 42.6 Å². The number of anilines is 1. The van der Waals surface area contributed by atoms with Gasteiger partial charge in [-0.2, -0.15) is 5.10 Å². The van der Waals surface area contributed by atoms with Crippen molar-refractivity contribution < 1.29 is 8.78 Å². The maximum atomic E-state index is 13.4. The van der Waals surface area contributed by atoms with Gasteiger partial charge in [-0.05, 0) is 24.3 Å². The van der Waals surface area contributed by atoms with Gasteiger partial charge in [-0.25, -0.2) is 8.78 Å². The predicted octanol–water partition coefficient (Wildman–Crippen LogP) is 3.01. The Labute approximate surface area is 119 Å². The van der Waals surface area contributed by atoms with Crippen LogP contribution in [-0.2, 0) is 7.05 Å². The second-order valence-electron chi connectivity index (χ2n) is 4.61. The summed E-state index contributed by atoms with van der Waals surface area (Å²) in [4.78, 5) is 4.23. The molecule has 0 spiro atoms. The molecule has 6 heteroatoms. The smallest absolute Gasteiger partial charge is 0.131 e. The number of rotatable bonds is 2. The first-order valence-electron chi connectivity index (χ1n) is 6.26. The molecule has 0 saturated carbocycles. The van der Waals surface area contributed by atoms with E-state index in [1.54, 1.807) is 25.4 Å². The number of hydrogen-bond acceptors (Lipinski definition) is 3. The number of nitrogen functional groups attached to an aromatic ring is 1. The van der Waals surface area contributed by atoms with Crippen LogP contribution < -0.4 is 5.73 Å². The van der Waals surface area contributed by atoms with Gasteiger partial charge in [0.15, 0.2) is 0 Å². The van der Waals surface area contributed by atoms with Crippen molar-refractivity contribution in [3.8, 4) is 22.5 Å². The highest BCUT2D eigenvalue weighted by molar-refractivity contribution is 5.86. The summed E-state index contributed by atoms with van der Waals surface area (Å²) in [6, 6.07) is 8.61. The minimum atomic E-state index is -0.666. The zero-order valence-electron chi connectivity index (χ0n) is 11.2. The van der Waals surface area contributed by atoms with E-state index in [2.05, 4.69) is 10.1 Å². The lowest BCUT2D eigenvalue weighted by atomic mass is 10.0. The van der Waals surface area contributed by atoms with Gasteiger partial charge in [0.05, 0.1) is 11.3 Å². The summed E-state index contributed by atoms with van der Waals surface area (Å²) in [6.07, 6.45) is 1.62. The van der Waals surface area contributed by atoms with Crippen molar-refractivity contribution in [2.24, 2.45) is 7.05 Å². The molecule has 0 radical (unpaired) electrons. The molecule has 2 heterocycles. The SMILES string of the molecule is Cn1nc(-c2cc(F)cc(F)c2)c(-c2ccccn2)c1N. The fraction of sp³-hybridized carbons (Fsp3) is 0.0667. The summed E-state index contributed by atoms with van der Waals surface area (Å²) in [5.41, 5.74) is 7.90. The molecular formula is C15H12F2N4. The second-order valence-corrected chi connectivity index (χ2v) is 4.61. The molecule has 3 rings (SSSR count). The molecule has 2 N–H and O–H groups in total. The number of aromatic nitrogens is 3. The van der Waals surface area contributed by atoms with E-state index < -0.39 is 11.6 Å². The minimum Gasteiger partial charge on any atom is -0.383 e. The Kier molecular flexibility index (Phi) is 3.13. The quantitative estimate of drug-likeness (QED) is 0.788. The molecule has 106 valence electrons. The molecule has 0 saturated heterocycles. The summed E-state index contributed by atoms with van der Waals surface area (Å²) < 4.78 is 28.3. The molecule has 4 nitrogen and oxygen atoms in total. The first-order valence-corrected chi connectivity index (χ1v) is 6.26. The Hall–Kier alpha value is -2.76. The number of aryl methyl sites for hydroxylation is 1. The van der Waals surface area contributed by atoms with Crippen LogP contribution in [0.1, 0.15) is 0 Å². The van der Waals surface area contributed by atoms with Gasteiger partial charge >= 0.3 is 0 Å². The molecular weight excluding hydrogens is 274 g/mol. The first-order chi connectivity index (χ1) is 10.1.